The number of nitrogens with two attached hydrogens (primary N) is 1. The number of hydrogen-bond acceptors (Lipinski definition) is 4. The third-order valence-electron chi connectivity index (χ3n) is 4.04. The van der Waals surface area contributed by atoms with Gasteiger partial charge in [-0.2, -0.15) is 0 Å². The number of fused-ring (bicyclic) bond motifs is 1. The molecule has 0 saturated heterocycles. The van der Waals surface area contributed by atoms with E-state index in [-0.39, 0.29) is 12.5 Å². The third kappa shape index (κ3) is 3.60. The number of hydrogen-bond donors (Lipinski definition) is 2. The Hall–Kier alpha value is -2.18. The molecule has 0 aliphatic carbocycles. The molecule has 1 aromatic heterocycles. The number of nitrogens with zero attached hydrogens (tertiary/aromatic N) is 2. The van der Waals surface area contributed by atoms with E-state index in [1.807, 2.05) is 24.3 Å². The minimum absolute atomic E-state index is 0.199. The zero-order chi connectivity index (χ0) is 16.2. The van der Waals surface area contributed by atoms with Crippen LogP contribution in [0.15, 0.2) is 30.5 Å². The molecule has 122 valence electrons. The van der Waals surface area contributed by atoms with Crippen LogP contribution < -0.4 is 11.1 Å². The number of rotatable bonds is 5. The molecule has 1 aliphatic rings. The zero-order valence-electron chi connectivity index (χ0n) is 13.3. The average Bonchev–Trinajstić information content (AvgIpc) is 2.99. The summed E-state index contributed by atoms with van der Waals surface area (Å²) in [6.07, 6.45) is 5.58. The molecule has 0 radical (unpaired) electrons. The van der Waals surface area contributed by atoms with Crippen LogP contribution in [0.3, 0.4) is 0 Å². The van der Waals surface area contributed by atoms with Crippen LogP contribution in [0.5, 0.6) is 0 Å². The molecule has 1 amide bonds. The van der Waals surface area contributed by atoms with Crippen LogP contribution in [0.2, 0.25) is 0 Å². The van der Waals surface area contributed by atoms with E-state index in [9.17, 15) is 4.79 Å². The Kier molecular flexibility index (Phi) is 4.73. The predicted molar refractivity (Wildman–Crippen MR) is 89.1 cm³/mol. The molecule has 1 aliphatic heterocycles. The monoisotopic (exact) mass is 314 g/mol. The van der Waals surface area contributed by atoms with Gasteiger partial charge in [0.05, 0.1) is 12.3 Å². The highest BCUT2D eigenvalue weighted by molar-refractivity contribution is 5.94. The first kappa shape index (κ1) is 15.7. The van der Waals surface area contributed by atoms with Crippen molar-refractivity contribution in [1.82, 2.24) is 9.55 Å². The number of nitrogens with one attached hydrogen (secondary N) is 1. The van der Waals surface area contributed by atoms with E-state index in [1.165, 1.54) is 20.0 Å². The second-order valence-electron chi connectivity index (χ2n) is 5.82. The molecule has 2 heterocycles. The largest absolute Gasteiger partial charge is 0.383 e. The first-order valence-corrected chi connectivity index (χ1v) is 7.89. The van der Waals surface area contributed by atoms with E-state index in [0.717, 1.165) is 30.0 Å². The van der Waals surface area contributed by atoms with Crippen molar-refractivity contribution in [2.24, 2.45) is 5.73 Å². The molecule has 2 aromatic rings. The van der Waals surface area contributed by atoms with Gasteiger partial charge in [0.1, 0.15) is 11.9 Å². The van der Waals surface area contributed by atoms with Crippen LogP contribution in [-0.2, 0) is 22.5 Å². The number of anilines is 1. The number of carbonyl (C=O) groups excluding carboxylic acids is 1. The zero-order valence-corrected chi connectivity index (χ0v) is 13.3. The van der Waals surface area contributed by atoms with Crippen molar-refractivity contribution >= 4 is 11.6 Å². The van der Waals surface area contributed by atoms with E-state index in [2.05, 4.69) is 16.1 Å². The summed E-state index contributed by atoms with van der Waals surface area (Å²) in [5.74, 6) is 0.909. The highest BCUT2D eigenvalue weighted by Crippen LogP contribution is 2.23. The Morgan fingerprint density at radius 3 is 2.87 bits per heavy atom. The average molecular weight is 314 g/mol. The van der Waals surface area contributed by atoms with Gasteiger partial charge in [0.25, 0.3) is 0 Å². The van der Waals surface area contributed by atoms with Gasteiger partial charge < -0.3 is 20.4 Å². The maximum Gasteiger partial charge on any atom is 0.243 e. The van der Waals surface area contributed by atoms with Crippen molar-refractivity contribution in [3.05, 3.63) is 36.3 Å². The van der Waals surface area contributed by atoms with E-state index >= 15 is 0 Å². The minimum atomic E-state index is -0.667. The lowest BCUT2D eigenvalue weighted by Crippen LogP contribution is -2.39. The van der Waals surface area contributed by atoms with Gasteiger partial charge in [0.2, 0.25) is 5.91 Å². The van der Waals surface area contributed by atoms with Crippen molar-refractivity contribution in [2.75, 3.05) is 19.0 Å². The van der Waals surface area contributed by atoms with Crippen LogP contribution >= 0.6 is 0 Å². The normalized spacial score (nSPS) is 15.0. The molecule has 3 N–H and O–H groups in total. The summed E-state index contributed by atoms with van der Waals surface area (Å²) in [5.41, 5.74) is 8.45. The van der Waals surface area contributed by atoms with Gasteiger partial charge in [-0.25, -0.2) is 4.98 Å². The van der Waals surface area contributed by atoms with Gasteiger partial charge in [-0.15, -0.1) is 0 Å². The first-order chi connectivity index (χ1) is 11.2. The van der Waals surface area contributed by atoms with Crippen molar-refractivity contribution in [3.8, 4) is 11.3 Å². The van der Waals surface area contributed by atoms with Crippen LogP contribution in [0.1, 0.15) is 18.7 Å². The van der Waals surface area contributed by atoms with Crippen molar-refractivity contribution in [3.63, 3.8) is 0 Å². The Balaban J connectivity index is 1.69. The molecule has 0 fully saturated rings. The molecule has 23 heavy (non-hydrogen) atoms. The number of aromatic nitrogens is 2. The number of ether oxygens (including phenoxy) is 1. The molecule has 0 bridgehead atoms. The molecule has 6 heteroatoms. The standard InChI is InChI=1S/C17H22N4O2/c1-23-11-14(18)17(22)19-13-7-5-12(6-8-13)15-10-21-9-3-2-4-16(21)20-15/h5-8,10,14H,2-4,9,11,18H2,1H3,(H,19,22). The lowest BCUT2D eigenvalue weighted by molar-refractivity contribution is -0.118. The van der Waals surface area contributed by atoms with E-state index in [4.69, 9.17) is 15.5 Å². The Morgan fingerprint density at radius 1 is 1.39 bits per heavy atom. The summed E-state index contributed by atoms with van der Waals surface area (Å²) in [6, 6.07) is 6.99. The highest BCUT2D eigenvalue weighted by Gasteiger charge is 2.15. The number of carbonyl (C=O) groups is 1. The molecule has 1 aromatic carbocycles. The Morgan fingerprint density at radius 2 is 2.17 bits per heavy atom. The Bertz CT molecular complexity index is 655. The molecule has 0 spiro atoms. The third-order valence-corrected chi connectivity index (χ3v) is 4.04. The van der Waals surface area contributed by atoms with Crippen LogP contribution in [0, 0.1) is 0 Å². The lowest BCUT2D eigenvalue weighted by atomic mass is 10.1. The fraction of sp³-hybridized carbons (Fsp3) is 0.412. The molecular weight excluding hydrogens is 292 g/mol. The maximum absolute atomic E-state index is 11.9. The van der Waals surface area contributed by atoms with E-state index in [0.29, 0.717) is 5.69 Å². The SMILES string of the molecule is COCC(N)C(=O)Nc1ccc(-c2cn3c(n2)CCCC3)cc1. The predicted octanol–water partition coefficient (Wildman–Crippen LogP) is 1.80. The van der Waals surface area contributed by atoms with Gasteiger partial charge >= 0.3 is 0 Å². The Labute approximate surface area is 135 Å². The van der Waals surface area contributed by atoms with Gasteiger partial charge in [-0.1, -0.05) is 12.1 Å². The van der Waals surface area contributed by atoms with Gasteiger partial charge in [0.15, 0.2) is 0 Å². The van der Waals surface area contributed by atoms with Crippen molar-refractivity contribution in [1.29, 1.82) is 0 Å². The minimum Gasteiger partial charge on any atom is -0.383 e. The second-order valence-corrected chi connectivity index (χ2v) is 5.82. The van der Waals surface area contributed by atoms with Crippen molar-refractivity contribution in [2.45, 2.75) is 31.8 Å². The molecule has 1 unspecified atom stereocenters. The smallest absolute Gasteiger partial charge is 0.243 e. The van der Waals surface area contributed by atoms with E-state index < -0.39 is 6.04 Å². The number of benzene rings is 1. The fourth-order valence-electron chi connectivity index (χ4n) is 2.77. The lowest BCUT2D eigenvalue weighted by Gasteiger charge is -2.11. The van der Waals surface area contributed by atoms with Gasteiger partial charge in [-0.05, 0) is 25.0 Å². The summed E-state index contributed by atoms with van der Waals surface area (Å²) < 4.78 is 7.12. The summed E-state index contributed by atoms with van der Waals surface area (Å²) in [4.78, 5) is 16.6. The topological polar surface area (TPSA) is 82.2 Å². The molecular formula is C17H22N4O2. The molecule has 6 nitrogen and oxygen atoms in total. The summed E-state index contributed by atoms with van der Waals surface area (Å²) in [7, 11) is 1.52. The number of methoxy groups -OCH3 is 1. The molecule has 3 rings (SSSR count). The quantitative estimate of drug-likeness (QED) is 0.881. The maximum atomic E-state index is 11.9. The highest BCUT2D eigenvalue weighted by atomic mass is 16.5. The molecule has 1 atom stereocenters. The van der Waals surface area contributed by atoms with Gasteiger partial charge in [-0.3, -0.25) is 4.79 Å². The summed E-state index contributed by atoms with van der Waals surface area (Å²) >= 11 is 0. The fourth-order valence-corrected chi connectivity index (χ4v) is 2.77. The van der Waals surface area contributed by atoms with Crippen molar-refractivity contribution < 1.29 is 9.53 Å². The summed E-state index contributed by atoms with van der Waals surface area (Å²) in [6.45, 7) is 1.25. The van der Waals surface area contributed by atoms with Crippen LogP contribution in [0.4, 0.5) is 5.69 Å². The summed E-state index contributed by atoms with van der Waals surface area (Å²) in [5, 5.41) is 2.78. The van der Waals surface area contributed by atoms with E-state index in [1.54, 1.807) is 0 Å². The van der Waals surface area contributed by atoms with Crippen LogP contribution in [-0.4, -0.2) is 35.2 Å². The van der Waals surface area contributed by atoms with Crippen LogP contribution in [0.25, 0.3) is 11.3 Å². The number of amides is 1. The molecule has 0 saturated carbocycles. The second kappa shape index (κ2) is 6.93. The number of aryl methyl sites for hydroxylation is 2. The first-order valence-electron chi connectivity index (χ1n) is 7.89. The number of imidazole rings is 1. The van der Waals surface area contributed by atoms with Gasteiger partial charge in [0, 0.05) is 37.5 Å².